The third kappa shape index (κ3) is 4.16. The number of carbonyl (C=O) groups is 1. The predicted octanol–water partition coefficient (Wildman–Crippen LogP) is 5.14. The summed E-state index contributed by atoms with van der Waals surface area (Å²) in [6.45, 7) is 5.21. The monoisotopic (exact) mass is 451 g/mol. The van der Waals surface area contributed by atoms with Gasteiger partial charge in [-0.05, 0) is 37.6 Å². The molecule has 1 fully saturated rings. The average molecular weight is 451 g/mol. The number of alkyl halides is 2. The summed E-state index contributed by atoms with van der Waals surface area (Å²) >= 11 is 0. The minimum Gasteiger partial charge on any atom is -0.478 e. The van der Waals surface area contributed by atoms with Gasteiger partial charge in [0.15, 0.2) is 11.5 Å². The quantitative estimate of drug-likeness (QED) is 0.456. The van der Waals surface area contributed by atoms with Gasteiger partial charge >= 0.3 is 5.97 Å². The predicted molar refractivity (Wildman–Crippen MR) is 121 cm³/mol. The van der Waals surface area contributed by atoms with E-state index in [2.05, 4.69) is 20.6 Å². The molecule has 0 radical (unpaired) electrons. The number of fused-ring (bicyclic) bond motifs is 1. The van der Waals surface area contributed by atoms with Gasteiger partial charge in [0.1, 0.15) is 6.07 Å². The molecule has 4 rings (SSSR count). The van der Waals surface area contributed by atoms with Crippen molar-refractivity contribution in [1.82, 2.24) is 9.97 Å². The van der Waals surface area contributed by atoms with Gasteiger partial charge in [-0.1, -0.05) is 25.1 Å². The second-order valence-electron chi connectivity index (χ2n) is 8.77. The van der Waals surface area contributed by atoms with E-state index in [-0.39, 0.29) is 36.1 Å². The zero-order valence-electron chi connectivity index (χ0n) is 18.4. The Kier molecular flexibility index (Phi) is 5.40. The van der Waals surface area contributed by atoms with Crippen molar-refractivity contribution in [1.29, 1.82) is 5.26 Å². The van der Waals surface area contributed by atoms with E-state index < -0.39 is 17.3 Å². The van der Waals surface area contributed by atoms with E-state index >= 15 is 0 Å². The molecule has 9 heteroatoms. The summed E-state index contributed by atoms with van der Waals surface area (Å²) < 4.78 is 27.3. The maximum Gasteiger partial charge on any atom is 0.337 e. The molecule has 33 heavy (non-hydrogen) atoms. The first-order chi connectivity index (χ1) is 15.5. The molecule has 0 spiro atoms. The summed E-state index contributed by atoms with van der Waals surface area (Å²) in [7, 11) is 0. The molecule has 0 aliphatic heterocycles. The van der Waals surface area contributed by atoms with Crippen LogP contribution in [-0.2, 0) is 0 Å². The largest absolute Gasteiger partial charge is 0.478 e. The number of aromatic nitrogens is 2. The van der Waals surface area contributed by atoms with Gasteiger partial charge in [-0.15, -0.1) is 0 Å². The van der Waals surface area contributed by atoms with Crippen molar-refractivity contribution >= 4 is 28.5 Å². The fourth-order valence-corrected chi connectivity index (χ4v) is 3.89. The van der Waals surface area contributed by atoms with Crippen LogP contribution in [0.1, 0.15) is 53.5 Å². The lowest BCUT2D eigenvalue weighted by Gasteiger charge is -2.20. The molecule has 1 aromatic heterocycles. The van der Waals surface area contributed by atoms with Crippen LogP contribution in [0.15, 0.2) is 36.4 Å². The molecular weight excluding hydrogens is 428 g/mol. The third-order valence-corrected chi connectivity index (χ3v) is 6.06. The Balaban J connectivity index is 1.72. The number of nitrogens with one attached hydrogen (secondary N) is 2. The van der Waals surface area contributed by atoms with Crippen LogP contribution >= 0.6 is 0 Å². The first-order valence-corrected chi connectivity index (χ1v) is 10.5. The normalized spacial score (nSPS) is 19.5. The molecule has 0 bridgehead atoms. The summed E-state index contributed by atoms with van der Waals surface area (Å²) in [6.07, 6.45) is -0.218. The maximum atomic E-state index is 13.6. The lowest BCUT2D eigenvalue weighted by Crippen LogP contribution is -2.20. The molecule has 1 heterocycles. The Bertz CT molecular complexity index is 1300. The minimum atomic E-state index is -2.74. The number of rotatable bonds is 7. The number of halogens is 2. The van der Waals surface area contributed by atoms with Crippen molar-refractivity contribution in [2.24, 2.45) is 5.41 Å². The zero-order chi connectivity index (χ0) is 24.0. The van der Waals surface area contributed by atoms with E-state index in [1.54, 1.807) is 24.3 Å². The van der Waals surface area contributed by atoms with Gasteiger partial charge in [-0.3, -0.25) is 0 Å². The van der Waals surface area contributed by atoms with E-state index in [0.717, 1.165) is 11.1 Å². The molecule has 0 saturated heterocycles. The highest BCUT2D eigenvalue weighted by Gasteiger charge is 2.67. The second kappa shape index (κ2) is 7.96. The van der Waals surface area contributed by atoms with Crippen molar-refractivity contribution in [3.8, 4) is 6.07 Å². The highest BCUT2D eigenvalue weighted by atomic mass is 19.3. The van der Waals surface area contributed by atoms with E-state index in [1.165, 1.54) is 13.0 Å². The Morgan fingerprint density at radius 1 is 1.30 bits per heavy atom. The van der Waals surface area contributed by atoms with Crippen LogP contribution in [0.2, 0.25) is 0 Å². The van der Waals surface area contributed by atoms with E-state index in [0.29, 0.717) is 16.7 Å². The fraction of sp³-hybridized carbons (Fsp3) is 0.333. The number of benzene rings is 2. The number of nitriles is 1. The summed E-state index contributed by atoms with van der Waals surface area (Å²) in [6, 6.07) is 11.9. The number of aryl methyl sites for hydroxylation is 1. The van der Waals surface area contributed by atoms with Gasteiger partial charge < -0.3 is 15.7 Å². The van der Waals surface area contributed by atoms with Gasteiger partial charge in [-0.25, -0.2) is 23.5 Å². The van der Waals surface area contributed by atoms with E-state index in [1.807, 2.05) is 26.0 Å². The van der Waals surface area contributed by atoms with Gasteiger partial charge in [-0.2, -0.15) is 5.26 Å². The number of carboxylic acids is 1. The number of anilines is 2. The van der Waals surface area contributed by atoms with Crippen LogP contribution in [0, 0.1) is 23.7 Å². The summed E-state index contributed by atoms with van der Waals surface area (Å²) in [5.41, 5.74) is 2.08. The highest BCUT2D eigenvalue weighted by Crippen LogP contribution is 2.60. The number of aromatic carboxylic acids is 1. The number of para-hydroxylation sites is 1. The first kappa shape index (κ1) is 22.4. The van der Waals surface area contributed by atoms with Gasteiger partial charge in [0, 0.05) is 24.2 Å². The topological polar surface area (TPSA) is 111 Å². The molecule has 3 N–H and O–H groups in total. The zero-order valence-corrected chi connectivity index (χ0v) is 18.4. The van der Waals surface area contributed by atoms with E-state index in [9.17, 15) is 23.9 Å². The molecular formula is C24H23F2N5O2. The Labute approximate surface area is 189 Å². The fourth-order valence-electron chi connectivity index (χ4n) is 3.89. The highest BCUT2D eigenvalue weighted by molar-refractivity contribution is 5.94. The van der Waals surface area contributed by atoms with Crippen LogP contribution in [0.5, 0.6) is 0 Å². The van der Waals surface area contributed by atoms with Gasteiger partial charge in [0.25, 0.3) is 5.92 Å². The van der Waals surface area contributed by atoms with Crippen LogP contribution in [0.3, 0.4) is 0 Å². The Hall–Kier alpha value is -3.80. The standard InChI is InChI=1S/C24H23F2N5O2/c1-13-8-16(14(2)29-17-7-5-4-6-15(17)22(32)33)20-18(9-13)30-19(10-27)21(31-20)28-12-23(3)11-24(23,25)26/h4-9,14,29H,11-12H2,1-3H3,(H,28,31)(H,32,33)/t14-,23-/m1/s1. The number of nitrogens with zero attached hydrogens (tertiary/aromatic N) is 3. The van der Waals surface area contributed by atoms with Crippen LogP contribution in [0.25, 0.3) is 11.0 Å². The van der Waals surface area contributed by atoms with Crippen molar-refractivity contribution in [3.63, 3.8) is 0 Å². The second-order valence-corrected chi connectivity index (χ2v) is 8.77. The molecule has 1 aliphatic carbocycles. The molecule has 3 aromatic rings. The molecule has 1 aliphatic rings. The van der Waals surface area contributed by atoms with Crippen molar-refractivity contribution in [2.75, 3.05) is 17.2 Å². The summed E-state index contributed by atoms with van der Waals surface area (Å²) in [5, 5.41) is 25.1. The Morgan fingerprint density at radius 2 is 2.00 bits per heavy atom. The number of hydrogen-bond acceptors (Lipinski definition) is 6. The van der Waals surface area contributed by atoms with Crippen molar-refractivity contribution in [3.05, 3.63) is 58.8 Å². The van der Waals surface area contributed by atoms with Crippen molar-refractivity contribution < 1.29 is 18.7 Å². The number of hydrogen-bond donors (Lipinski definition) is 3. The van der Waals surface area contributed by atoms with E-state index in [4.69, 9.17) is 0 Å². The molecule has 2 atom stereocenters. The molecule has 2 aromatic carbocycles. The third-order valence-electron chi connectivity index (χ3n) is 6.06. The van der Waals surface area contributed by atoms with Crippen LogP contribution < -0.4 is 10.6 Å². The lowest BCUT2D eigenvalue weighted by atomic mass is 10.0. The maximum absolute atomic E-state index is 13.6. The van der Waals surface area contributed by atoms with Crippen molar-refractivity contribution in [2.45, 2.75) is 39.2 Å². The molecule has 0 amide bonds. The smallest absolute Gasteiger partial charge is 0.337 e. The van der Waals surface area contributed by atoms with Crippen LogP contribution in [-0.4, -0.2) is 33.5 Å². The average Bonchev–Trinajstić information content (AvgIpc) is 3.28. The summed E-state index contributed by atoms with van der Waals surface area (Å²) in [4.78, 5) is 20.6. The number of carboxylic acid groups (broad SMARTS) is 1. The molecule has 1 saturated carbocycles. The van der Waals surface area contributed by atoms with Crippen LogP contribution in [0.4, 0.5) is 20.3 Å². The molecule has 170 valence electrons. The molecule has 7 nitrogen and oxygen atoms in total. The Morgan fingerprint density at radius 3 is 2.64 bits per heavy atom. The SMILES string of the molecule is Cc1cc([C@@H](C)Nc2ccccc2C(=O)O)c2nc(NC[C@@]3(C)CC3(F)F)c(C#N)nc2c1. The first-order valence-electron chi connectivity index (χ1n) is 10.5. The lowest BCUT2D eigenvalue weighted by molar-refractivity contribution is 0.0696. The van der Waals surface area contributed by atoms with Gasteiger partial charge in [0.2, 0.25) is 0 Å². The minimum absolute atomic E-state index is 0.0310. The summed E-state index contributed by atoms with van der Waals surface area (Å²) in [5.74, 6) is -3.64. The van der Waals surface area contributed by atoms with Gasteiger partial charge in [0.05, 0.1) is 28.1 Å². The molecule has 0 unspecified atom stereocenters.